The third-order valence-corrected chi connectivity index (χ3v) is 4.85. The van der Waals surface area contributed by atoms with Crippen molar-refractivity contribution >= 4 is 11.9 Å². The summed E-state index contributed by atoms with van der Waals surface area (Å²) in [5, 5.41) is 12.2. The summed E-state index contributed by atoms with van der Waals surface area (Å²) < 4.78 is 5.28. The molecule has 0 bridgehead atoms. The quantitative estimate of drug-likeness (QED) is 0.692. The molecule has 0 aromatic heterocycles. The maximum atomic E-state index is 12.6. The molecule has 1 fully saturated rings. The van der Waals surface area contributed by atoms with Crippen LogP contribution in [0.1, 0.15) is 40.5 Å². The lowest BCUT2D eigenvalue weighted by atomic mass is 9.72. The van der Waals surface area contributed by atoms with Gasteiger partial charge < -0.3 is 20.9 Å². The first kappa shape index (κ1) is 16.9. The zero-order valence-corrected chi connectivity index (χ0v) is 12.8. The number of carboxylic acids is 1. The largest absolute Gasteiger partial charge is 0.481 e. The fraction of sp³-hybridized carbons (Fsp3) is 0.857. The molecule has 116 valence electrons. The van der Waals surface area contributed by atoms with Crippen LogP contribution in [0.4, 0.5) is 0 Å². The number of hydrogen-bond donors (Lipinski definition) is 3. The van der Waals surface area contributed by atoms with Crippen molar-refractivity contribution < 1.29 is 19.4 Å². The van der Waals surface area contributed by atoms with Crippen LogP contribution >= 0.6 is 0 Å². The van der Waals surface area contributed by atoms with Gasteiger partial charge in [-0.3, -0.25) is 9.59 Å². The van der Waals surface area contributed by atoms with Gasteiger partial charge >= 0.3 is 5.97 Å². The van der Waals surface area contributed by atoms with Crippen molar-refractivity contribution in [3.8, 4) is 0 Å². The highest BCUT2D eigenvalue weighted by Crippen LogP contribution is 2.34. The second-order valence-corrected chi connectivity index (χ2v) is 6.61. The summed E-state index contributed by atoms with van der Waals surface area (Å²) in [6.45, 7) is 7.92. The SMILES string of the molecule is CC(C)(NC(=O)C1(CN)CCOCC1)C(C)(C)C(=O)O. The van der Waals surface area contributed by atoms with Crippen molar-refractivity contribution in [2.45, 2.75) is 46.1 Å². The Bertz CT molecular complexity index is 385. The number of hydrogen-bond acceptors (Lipinski definition) is 4. The maximum absolute atomic E-state index is 12.6. The molecule has 1 aliphatic rings. The van der Waals surface area contributed by atoms with Crippen LogP contribution in [0.2, 0.25) is 0 Å². The summed E-state index contributed by atoms with van der Waals surface area (Å²) in [6.07, 6.45) is 1.14. The first-order chi connectivity index (χ1) is 9.09. The molecule has 1 rings (SSSR count). The summed E-state index contributed by atoms with van der Waals surface area (Å²) in [6, 6.07) is 0. The van der Waals surface area contributed by atoms with Crippen molar-refractivity contribution in [1.29, 1.82) is 0 Å². The monoisotopic (exact) mass is 286 g/mol. The molecule has 4 N–H and O–H groups in total. The Kier molecular flexibility index (Phi) is 4.82. The summed E-state index contributed by atoms with van der Waals surface area (Å²) in [4.78, 5) is 24.0. The lowest BCUT2D eigenvalue weighted by Crippen LogP contribution is -2.61. The van der Waals surface area contributed by atoms with E-state index in [4.69, 9.17) is 10.5 Å². The van der Waals surface area contributed by atoms with Crippen LogP contribution in [-0.2, 0) is 14.3 Å². The lowest BCUT2D eigenvalue weighted by Gasteiger charge is -2.43. The zero-order chi connectivity index (χ0) is 15.6. The Balaban J connectivity index is 2.90. The predicted octanol–water partition coefficient (Wildman–Crippen LogP) is 0.748. The predicted molar refractivity (Wildman–Crippen MR) is 75.2 cm³/mol. The molecule has 0 aliphatic carbocycles. The van der Waals surface area contributed by atoms with Crippen molar-refractivity contribution in [3.05, 3.63) is 0 Å². The van der Waals surface area contributed by atoms with E-state index in [1.807, 2.05) is 0 Å². The molecule has 0 spiro atoms. The second-order valence-electron chi connectivity index (χ2n) is 6.61. The Labute approximate surface area is 120 Å². The molecule has 1 aliphatic heterocycles. The number of carboxylic acid groups (broad SMARTS) is 1. The van der Waals surface area contributed by atoms with Gasteiger partial charge in [0.25, 0.3) is 0 Å². The van der Waals surface area contributed by atoms with E-state index in [1.54, 1.807) is 27.7 Å². The molecule has 0 aromatic rings. The van der Waals surface area contributed by atoms with E-state index in [1.165, 1.54) is 0 Å². The number of carbonyl (C=O) groups excluding carboxylic acids is 1. The number of rotatable bonds is 5. The number of nitrogens with one attached hydrogen (secondary N) is 1. The highest BCUT2D eigenvalue weighted by Gasteiger charge is 2.48. The minimum Gasteiger partial charge on any atom is -0.481 e. The number of amides is 1. The summed E-state index contributed by atoms with van der Waals surface area (Å²) in [7, 11) is 0. The Hall–Kier alpha value is -1.14. The zero-order valence-electron chi connectivity index (χ0n) is 12.8. The van der Waals surface area contributed by atoms with Gasteiger partial charge in [0.15, 0.2) is 0 Å². The first-order valence-corrected chi connectivity index (χ1v) is 6.93. The van der Waals surface area contributed by atoms with E-state index in [0.29, 0.717) is 26.1 Å². The van der Waals surface area contributed by atoms with Gasteiger partial charge in [0.05, 0.1) is 10.8 Å². The van der Waals surface area contributed by atoms with E-state index >= 15 is 0 Å². The standard InChI is InChI=1S/C14H26N2O4/c1-12(2,11(18)19)13(3,4)16-10(17)14(9-15)5-7-20-8-6-14/h5-9,15H2,1-4H3,(H,16,17)(H,18,19). The molecule has 6 nitrogen and oxygen atoms in total. The lowest BCUT2D eigenvalue weighted by molar-refractivity contribution is -0.153. The summed E-state index contributed by atoms with van der Waals surface area (Å²) >= 11 is 0. The Morgan fingerprint density at radius 2 is 1.75 bits per heavy atom. The van der Waals surface area contributed by atoms with Gasteiger partial charge in [-0.1, -0.05) is 0 Å². The van der Waals surface area contributed by atoms with Gasteiger partial charge in [-0.2, -0.15) is 0 Å². The van der Waals surface area contributed by atoms with E-state index in [9.17, 15) is 14.7 Å². The molecular weight excluding hydrogens is 260 g/mol. The third-order valence-electron chi connectivity index (χ3n) is 4.85. The highest BCUT2D eigenvalue weighted by atomic mass is 16.5. The van der Waals surface area contributed by atoms with Crippen molar-refractivity contribution in [2.24, 2.45) is 16.6 Å². The second kappa shape index (κ2) is 5.69. The minimum atomic E-state index is -1.08. The van der Waals surface area contributed by atoms with Crippen LogP contribution in [-0.4, -0.2) is 42.3 Å². The maximum Gasteiger partial charge on any atom is 0.311 e. The van der Waals surface area contributed by atoms with Crippen LogP contribution in [0.3, 0.4) is 0 Å². The number of ether oxygens (including phenoxy) is 1. The van der Waals surface area contributed by atoms with Crippen molar-refractivity contribution in [1.82, 2.24) is 5.32 Å². The molecule has 1 saturated heterocycles. The van der Waals surface area contributed by atoms with Crippen molar-refractivity contribution in [2.75, 3.05) is 19.8 Å². The van der Waals surface area contributed by atoms with Crippen LogP contribution in [0.25, 0.3) is 0 Å². The molecular formula is C14H26N2O4. The van der Waals surface area contributed by atoms with Gasteiger partial charge in [0.2, 0.25) is 5.91 Å². The van der Waals surface area contributed by atoms with Crippen LogP contribution in [0.5, 0.6) is 0 Å². The molecule has 0 atom stereocenters. The fourth-order valence-electron chi connectivity index (χ4n) is 2.13. The summed E-state index contributed by atoms with van der Waals surface area (Å²) in [5.41, 5.74) is 3.19. The highest BCUT2D eigenvalue weighted by molar-refractivity contribution is 5.85. The Morgan fingerprint density at radius 1 is 1.25 bits per heavy atom. The number of carbonyl (C=O) groups is 2. The number of nitrogens with two attached hydrogens (primary N) is 1. The van der Waals surface area contributed by atoms with Gasteiger partial charge in [-0.15, -0.1) is 0 Å². The van der Waals surface area contributed by atoms with Gasteiger partial charge in [-0.05, 0) is 40.5 Å². The van der Waals surface area contributed by atoms with Gasteiger partial charge in [0.1, 0.15) is 0 Å². The van der Waals surface area contributed by atoms with E-state index < -0.39 is 22.3 Å². The molecule has 1 amide bonds. The van der Waals surface area contributed by atoms with Gasteiger partial charge in [-0.25, -0.2) is 0 Å². The molecule has 0 radical (unpaired) electrons. The molecule has 0 aromatic carbocycles. The van der Waals surface area contributed by atoms with Crippen LogP contribution < -0.4 is 11.1 Å². The minimum absolute atomic E-state index is 0.178. The third kappa shape index (κ3) is 2.96. The fourth-order valence-corrected chi connectivity index (χ4v) is 2.13. The average molecular weight is 286 g/mol. The smallest absolute Gasteiger partial charge is 0.311 e. The van der Waals surface area contributed by atoms with Crippen molar-refractivity contribution in [3.63, 3.8) is 0 Å². The van der Waals surface area contributed by atoms with E-state index in [-0.39, 0.29) is 12.5 Å². The van der Waals surface area contributed by atoms with Crippen LogP contribution in [0, 0.1) is 10.8 Å². The molecule has 6 heteroatoms. The first-order valence-electron chi connectivity index (χ1n) is 6.93. The van der Waals surface area contributed by atoms with E-state index in [2.05, 4.69) is 5.32 Å². The Morgan fingerprint density at radius 3 is 2.15 bits per heavy atom. The van der Waals surface area contributed by atoms with Gasteiger partial charge in [0, 0.05) is 25.3 Å². The molecule has 0 saturated carbocycles. The number of aliphatic carboxylic acids is 1. The van der Waals surface area contributed by atoms with E-state index in [0.717, 1.165) is 0 Å². The average Bonchev–Trinajstić information content (AvgIpc) is 2.38. The normalized spacial score (nSPS) is 19.4. The summed E-state index contributed by atoms with van der Waals surface area (Å²) in [5.74, 6) is -1.13. The molecule has 0 unspecified atom stereocenters. The topological polar surface area (TPSA) is 102 Å². The molecule has 20 heavy (non-hydrogen) atoms. The van der Waals surface area contributed by atoms with Crippen LogP contribution in [0.15, 0.2) is 0 Å². The molecule has 1 heterocycles.